The van der Waals surface area contributed by atoms with E-state index in [4.69, 9.17) is 0 Å². The highest BCUT2D eigenvalue weighted by Crippen LogP contribution is 2.44. The molecular formula is C20H14N2O2S. The maximum atomic E-state index is 11.8. The Morgan fingerprint density at radius 2 is 1.52 bits per heavy atom. The van der Waals surface area contributed by atoms with E-state index in [2.05, 4.69) is 10.2 Å². The van der Waals surface area contributed by atoms with Gasteiger partial charge in [0.25, 0.3) is 0 Å². The number of aromatic nitrogens is 2. The lowest BCUT2D eigenvalue weighted by Crippen LogP contribution is -1.93. The second-order valence-electron chi connectivity index (χ2n) is 5.67. The Balaban J connectivity index is 2.13. The van der Waals surface area contributed by atoms with Crippen molar-refractivity contribution in [1.82, 2.24) is 10.2 Å². The molecule has 0 aliphatic rings. The monoisotopic (exact) mass is 346 g/mol. The zero-order chi connectivity index (χ0) is 17.4. The summed E-state index contributed by atoms with van der Waals surface area (Å²) in [6, 6.07) is 19.5. The first-order valence-electron chi connectivity index (χ1n) is 7.80. The van der Waals surface area contributed by atoms with Crippen molar-refractivity contribution in [2.45, 2.75) is 6.92 Å². The molecule has 0 saturated carbocycles. The predicted molar refractivity (Wildman–Crippen MR) is 100.0 cm³/mol. The van der Waals surface area contributed by atoms with Crippen molar-refractivity contribution in [2.24, 2.45) is 0 Å². The zero-order valence-electron chi connectivity index (χ0n) is 13.4. The predicted octanol–water partition coefficient (Wildman–Crippen LogP) is 4.93. The molecule has 0 amide bonds. The average Bonchev–Trinajstić information content (AvgIpc) is 3.00. The molecule has 2 aromatic carbocycles. The van der Waals surface area contributed by atoms with Gasteiger partial charge in [0, 0.05) is 18.1 Å². The van der Waals surface area contributed by atoms with E-state index in [1.807, 2.05) is 60.7 Å². The van der Waals surface area contributed by atoms with Crippen molar-refractivity contribution < 1.29 is 9.90 Å². The fourth-order valence-corrected chi connectivity index (χ4v) is 3.81. The Morgan fingerprint density at radius 1 is 0.920 bits per heavy atom. The first-order chi connectivity index (χ1) is 12.2. The average molecular weight is 346 g/mol. The molecule has 4 nitrogen and oxygen atoms in total. The Hall–Kier alpha value is -3.05. The van der Waals surface area contributed by atoms with Gasteiger partial charge in [0.15, 0.2) is 10.6 Å². The van der Waals surface area contributed by atoms with Crippen LogP contribution in [0.4, 0.5) is 0 Å². The van der Waals surface area contributed by atoms with Crippen molar-refractivity contribution in [3.8, 4) is 28.1 Å². The molecule has 0 atom stereocenters. The minimum atomic E-state index is -0.180. The van der Waals surface area contributed by atoms with Gasteiger partial charge in [-0.15, -0.1) is 21.5 Å². The third kappa shape index (κ3) is 2.58. The summed E-state index contributed by atoms with van der Waals surface area (Å²) in [6.07, 6.45) is 0. The molecule has 4 rings (SSSR count). The maximum absolute atomic E-state index is 11.8. The lowest BCUT2D eigenvalue weighted by molar-refractivity contribution is 0.101. The summed E-state index contributed by atoms with van der Waals surface area (Å²) in [5.41, 5.74) is 3.30. The lowest BCUT2D eigenvalue weighted by Gasteiger charge is -2.10. The van der Waals surface area contributed by atoms with Crippen LogP contribution in [-0.2, 0) is 0 Å². The van der Waals surface area contributed by atoms with Crippen LogP contribution in [0.5, 0.6) is 5.75 Å². The number of aromatic hydroxyl groups is 1. The van der Waals surface area contributed by atoms with Gasteiger partial charge in [-0.2, -0.15) is 0 Å². The Morgan fingerprint density at radius 3 is 2.12 bits per heavy atom. The second-order valence-corrected chi connectivity index (χ2v) is 6.67. The quantitative estimate of drug-likeness (QED) is 0.534. The summed E-state index contributed by atoms with van der Waals surface area (Å²) in [5.74, 6) is -0.195. The number of rotatable bonds is 3. The van der Waals surface area contributed by atoms with Gasteiger partial charge in [-0.25, -0.2) is 0 Å². The number of carbonyl (C=O) groups is 1. The summed E-state index contributed by atoms with van der Waals surface area (Å²) >= 11 is 1.17. The number of hydrogen-bond acceptors (Lipinski definition) is 5. The molecule has 0 aliphatic heterocycles. The van der Waals surface area contributed by atoms with Gasteiger partial charge in [0.05, 0.1) is 5.39 Å². The Bertz CT molecular complexity index is 1070. The van der Waals surface area contributed by atoms with E-state index in [1.54, 1.807) is 0 Å². The van der Waals surface area contributed by atoms with Crippen LogP contribution in [0, 0.1) is 0 Å². The molecule has 25 heavy (non-hydrogen) atoms. The fourth-order valence-electron chi connectivity index (χ4n) is 2.89. The third-order valence-electron chi connectivity index (χ3n) is 4.02. The molecule has 0 saturated heterocycles. The van der Waals surface area contributed by atoms with E-state index < -0.39 is 0 Å². The Labute approximate surface area is 148 Å². The van der Waals surface area contributed by atoms with Gasteiger partial charge in [-0.05, 0) is 5.56 Å². The molecule has 0 fully saturated rings. The topological polar surface area (TPSA) is 63.1 Å². The molecule has 0 unspecified atom stereocenters. The van der Waals surface area contributed by atoms with E-state index in [0.29, 0.717) is 20.8 Å². The standard InChI is InChI=1S/C20H14N2O2S/c1-12(23)19-18(24)16-15(13-8-4-2-5-9-13)17(21-22-20(16)25-19)14-10-6-3-7-11-14/h2-11,24H,1H3. The summed E-state index contributed by atoms with van der Waals surface area (Å²) in [5, 5.41) is 19.9. The molecule has 2 heterocycles. The number of carbonyl (C=O) groups excluding carboxylic acids is 1. The summed E-state index contributed by atoms with van der Waals surface area (Å²) < 4.78 is 0. The van der Waals surface area contributed by atoms with Crippen LogP contribution in [0.3, 0.4) is 0 Å². The van der Waals surface area contributed by atoms with E-state index in [0.717, 1.165) is 16.7 Å². The van der Waals surface area contributed by atoms with Gasteiger partial charge in [-0.1, -0.05) is 60.7 Å². The molecule has 0 bridgehead atoms. The van der Waals surface area contributed by atoms with Crippen molar-refractivity contribution >= 4 is 27.3 Å². The zero-order valence-corrected chi connectivity index (χ0v) is 14.2. The van der Waals surface area contributed by atoms with Crippen LogP contribution in [0.2, 0.25) is 0 Å². The van der Waals surface area contributed by atoms with Gasteiger partial charge >= 0.3 is 0 Å². The van der Waals surface area contributed by atoms with Gasteiger partial charge in [0.1, 0.15) is 16.3 Å². The number of hydrogen-bond donors (Lipinski definition) is 1. The van der Waals surface area contributed by atoms with Crippen molar-refractivity contribution in [3.63, 3.8) is 0 Å². The molecule has 2 aromatic heterocycles. The SMILES string of the molecule is CC(=O)c1sc2nnc(-c3ccccc3)c(-c3ccccc3)c2c1O. The maximum Gasteiger partial charge on any atom is 0.173 e. The highest BCUT2D eigenvalue weighted by molar-refractivity contribution is 7.21. The molecule has 0 spiro atoms. The number of fused-ring (bicyclic) bond motifs is 1. The minimum Gasteiger partial charge on any atom is -0.506 e. The molecule has 4 aromatic rings. The van der Waals surface area contributed by atoms with Crippen LogP contribution >= 0.6 is 11.3 Å². The van der Waals surface area contributed by atoms with E-state index in [1.165, 1.54) is 18.3 Å². The smallest absolute Gasteiger partial charge is 0.173 e. The summed E-state index contributed by atoms with van der Waals surface area (Å²) in [6.45, 7) is 1.44. The van der Waals surface area contributed by atoms with Gasteiger partial charge < -0.3 is 5.11 Å². The largest absolute Gasteiger partial charge is 0.506 e. The minimum absolute atomic E-state index is 0.0153. The van der Waals surface area contributed by atoms with Crippen molar-refractivity contribution in [1.29, 1.82) is 0 Å². The molecule has 0 radical (unpaired) electrons. The third-order valence-corrected chi connectivity index (χ3v) is 5.19. The second kappa shape index (κ2) is 6.11. The number of nitrogens with zero attached hydrogens (tertiary/aromatic N) is 2. The first kappa shape index (κ1) is 15.5. The van der Waals surface area contributed by atoms with Gasteiger partial charge in [0.2, 0.25) is 0 Å². The van der Waals surface area contributed by atoms with E-state index >= 15 is 0 Å². The molecule has 0 aliphatic carbocycles. The van der Waals surface area contributed by atoms with Gasteiger partial charge in [-0.3, -0.25) is 4.79 Å². The molecular weight excluding hydrogens is 332 g/mol. The molecule has 5 heteroatoms. The summed E-state index contributed by atoms with van der Waals surface area (Å²) in [4.78, 5) is 12.7. The van der Waals surface area contributed by atoms with Crippen LogP contribution in [0.1, 0.15) is 16.6 Å². The van der Waals surface area contributed by atoms with Crippen LogP contribution in [0.25, 0.3) is 32.6 Å². The first-order valence-corrected chi connectivity index (χ1v) is 8.62. The number of benzene rings is 2. The van der Waals surface area contributed by atoms with Crippen molar-refractivity contribution in [3.05, 3.63) is 65.5 Å². The van der Waals surface area contributed by atoms with E-state index in [-0.39, 0.29) is 11.5 Å². The van der Waals surface area contributed by atoms with Crippen LogP contribution in [-0.4, -0.2) is 21.1 Å². The lowest BCUT2D eigenvalue weighted by atomic mass is 9.97. The highest BCUT2D eigenvalue weighted by atomic mass is 32.1. The van der Waals surface area contributed by atoms with Crippen molar-refractivity contribution in [2.75, 3.05) is 0 Å². The summed E-state index contributed by atoms with van der Waals surface area (Å²) in [7, 11) is 0. The highest BCUT2D eigenvalue weighted by Gasteiger charge is 2.23. The number of ketones is 1. The number of Topliss-reactive ketones (excluding diaryl/α,β-unsaturated/α-hetero) is 1. The number of thiophene rings is 1. The molecule has 1 N–H and O–H groups in total. The van der Waals surface area contributed by atoms with Crippen LogP contribution < -0.4 is 0 Å². The fraction of sp³-hybridized carbons (Fsp3) is 0.0500. The normalized spacial score (nSPS) is 10.9. The van der Waals surface area contributed by atoms with E-state index in [9.17, 15) is 9.90 Å². The van der Waals surface area contributed by atoms with Crippen LogP contribution in [0.15, 0.2) is 60.7 Å². The Kier molecular flexibility index (Phi) is 3.78. The molecule has 122 valence electrons.